The first-order chi connectivity index (χ1) is 15.5. The average Bonchev–Trinajstić information content (AvgIpc) is 3.12. The number of fused-ring (bicyclic) bond motifs is 1. The maximum atomic E-state index is 13.3. The number of hydrogen-bond donors (Lipinski definition) is 1. The van der Waals surface area contributed by atoms with Crippen LogP contribution in [0.15, 0.2) is 47.4 Å². The van der Waals surface area contributed by atoms with Crippen molar-refractivity contribution in [2.45, 2.75) is 36.7 Å². The molecule has 0 aromatic heterocycles. The van der Waals surface area contributed by atoms with Crippen LogP contribution in [0.5, 0.6) is 17.2 Å². The highest BCUT2D eigenvalue weighted by atomic mass is 32.2. The molecule has 0 bridgehead atoms. The van der Waals surface area contributed by atoms with Gasteiger partial charge in [0.05, 0.1) is 13.7 Å². The van der Waals surface area contributed by atoms with Gasteiger partial charge in [0, 0.05) is 18.7 Å². The Labute approximate surface area is 188 Å². The average molecular weight is 461 g/mol. The molecule has 4 rings (SSSR count). The van der Waals surface area contributed by atoms with Crippen LogP contribution in [0.1, 0.15) is 36.0 Å². The van der Waals surface area contributed by atoms with Crippen LogP contribution in [-0.4, -0.2) is 58.1 Å². The van der Waals surface area contributed by atoms with Crippen LogP contribution in [0.3, 0.4) is 0 Å². The van der Waals surface area contributed by atoms with Gasteiger partial charge in [-0.25, -0.2) is 8.42 Å². The van der Waals surface area contributed by atoms with E-state index in [4.69, 9.17) is 14.2 Å². The molecule has 1 amide bonds. The Morgan fingerprint density at radius 2 is 1.81 bits per heavy atom. The second-order valence-corrected chi connectivity index (χ2v) is 9.80. The van der Waals surface area contributed by atoms with Crippen molar-refractivity contribution in [1.82, 2.24) is 9.62 Å². The van der Waals surface area contributed by atoms with Gasteiger partial charge in [-0.3, -0.25) is 4.79 Å². The zero-order valence-electron chi connectivity index (χ0n) is 18.1. The summed E-state index contributed by atoms with van der Waals surface area (Å²) in [4.78, 5) is 12.8. The number of carbonyl (C=O) groups excluding carboxylic acids is 1. The number of benzene rings is 2. The molecule has 1 N–H and O–H groups in total. The largest absolute Gasteiger partial charge is 0.495 e. The van der Waals surface area contributed by atoms with Gasteiger partial charge in [0.2, 0.25) is 10.0 Å². The van der Waals surface area contributed by atoms with Gasteiger partial charge in [-0.1, -0.05) is 25.0 Å². The second kappa shape index (κ2) is 9.79. The van der Waals surface area contributed by atoms with Crippen molar-refractivity contribution in [2.24, 2.45) is 0 Å². The number of hydrogen-bond acceptors (Lipinski definition) is 6. The number of para-hydroxylation sites is 2. The molecule has 0 aliphatic carbocycles. The Balaban J connectivity index is 1.47. The van der Waals surface area contributed by atoms with Gasteiger partial charge in [0.15, 0.2) is 11.5 Å². The molecule has 172 valence electrons. The summed E-state index contributed by atoms with van der Waals surface area (Å²) in [5.74, 6) is 1.15. The summed E-state index contributed by atoms with van der Waals surface area (Å²) in [5, 5.41) is 2.81. The van der Waals surface area contributed by atoms with Crippen LogP contribution in [0, 0.1) is 0 Å². The van der Waals surface area contributed by atoms with Crippen LogP contribution in [-0.2, 0) is 10.0 Å². The summed E-state index contributed by atoms with van der Waals surface area (Å²) >= 11 is 0. The standard InChI is InChI=1S/C23H28N2O6S/c1-29-21-11-10-17(14-22(21)32(27,28)25-12-6-2-3-7-13-25)23(26)24-15-18-16-30-19-8-4-5-9-20(19)31-18/h4-5,8-11,14,18H,2-3,6-7,12-13,15-16H2,1H3,(H,24,26)/t18-/m0/s1. The van der Waals surface area contributed by atoms with Crippen molar-refractivity contribution in [3.05, 3.63) is 48.0 Å². The van der Waals surface area contributed by atoms with E-state index in [9.17, 15) is 13.2 Å². The molecule has 0 saturated carbocycles. The highest BCUT2D eigenvalue weighted by Crippen LogP contribution is 2.31. The van der Waals surface area contributed by atoms with Crippen LogP contribution in [0.25, 0.3) is 0 Å². The summed E-state index contributed by atoms with van der Waals surface area (Å²) in [6.45, 7) is 1.49. The molecule has 1 saturated heterocycles. The molecule has 0 radical (unpaired) electrons. The normalized spacial score (nSPS) is 19.1. The summed E-state index contributed by atoms with van der Waals surface area (Å²) in [7, 11) is -2.34. The van der Waals surface area contributed by atoms with Crippen molar-refractivity contribution in [2.75, 3.05) is 33.4 Å². The lowest BCUT2D eigenvalue weighted by Gasteiger charge is -2.26. The predicted octanol–water partition coefficient (Wildman–Crippen LogP) is 2.83. The van der Waals surface area contributed by atoms with Gasteiger partial charge in [-0.2, -0.15) is 4.31 Å². The van der Waals surface area contributed by atoms with E-state index in [1.165, 1.54) is 23.5 Å². The van der Waals surface area contributed by atoms with E-state index in [2.05, 4.69) is 5.32 Å². The summed E-state index contributed by atoms with van der Waals surface area (Å²) in [6, 6.07) is 11.8. The van der Waals surface area contributed by atoms with E-state index in [0.29, 0.717) is 31.2 Å². The Kier molecular flexibility index (Phi) is 6.86. The molecule has 2 aromatic rings. The van der Waals surface area contributed by atoms with Gasteiger partial charge in [0.25, 0.3) is 5.91 Å². The van der Waals surface area contributed by atoms with E-state index in [0.717, 1.165) is 25.7 Å². The lowest BCUT2D eigenvalue weighted by Crippen LogP contribution is -2.40. The van der Waals surface area contributed by atoms with Gasteiger partial charge in [0.1, 0.15) is 23.4 Å². The highest BCUT2D eigenvalue weighted by Gasteiger charge is 2.29. The first-order valence-corrected chi connectivity index (χ1v) is 12.3. The first-order valence-electron chi connectivity index (χ1n) is 10.8. The molecule has 2 aliphatic heterocycles. The molecule has 9 heteroatoms. The number of sulfonamides is 1. The third-order valence-electron chi connectivity index (χ3n) is 5.67. The van der Waals surface area contributed by atoms with E-state index in [1.807, 2.05) is 24.3 Å². The third kappa shape index (κ3) is 4.83. The number of rotatable bonds is 6. The minimum atomic E-state index is -3.77. The minimum absolute atomic E-state index is 0.0146. The fraction of sp³-hybridized carbons (Fsp3) is 0.435. The molecule has 8 nitrogen and oxygen atoms in total. The molecule has 1 fully saturated rings. The van der Waals surface area contributed by atoms with Crippen LogP contribution >= 0.6 is 0 Å². The van der Waals surface area contributed by atoms with E-state index in [-0.39, 0.29) is 34.8 Å². The van der Waals surface area contributed by atoms with Crippen molar-refractivity contribution < 1.29 is 27.4 Å². The number of carbonyl (C=O) groups is 1. The molecular weight excluding hydrogens is 432 g/mol. The number of ether oxygens (including phenoxy) is 3. The zero-order chi connectivity index (χ0) is 22.6. The van der Waals surface area contributed by atoms with Crippen LogP contribution in [0.2, 0.25) is 0 Å². The minimum Gasteiger partial charge on any atom is -0.495 e. The topological polar surface area (TPSA) is 94.2 Å². The number of nitrogens with one attached hydrogen (secondary N) is 1. The molecule has 2 aromatic carbocycles. The number of nitrogens with zero attached hydrogens (tertiary/aromatic N) is 1. The molecule has 0 unspecified atom stereocenters. The van der Waals surface area contributed by atoms with Gasteiger partial charge in [-0.15, -0.1) is 0 Å². The monoisotopic (exact) mass is 460 g/mol. The van der Waals surface area contributed by atoms with Crippen molar-refractivity contribution in [3.63, 3.8) is 0 Å². The lowest BCUT2D eigenvalue weighted by atomic mass is 10.2. The Hall–Kier alpha value is -2.78. The first kappa shape index (κ1) is 22.4. The summed E-state index contributed by atoms with van der Waals surface area (Å²) < 4.78 is 44.9. The smallest absolute Gasteiger partial charge is 0.251 e. The lowest BCUT2D eigenvalue weighted by molar-refractivity contribution is 0.0789. The molecule has 32 heavy (non-hydrogen) atoms. The molecular formula is C23H28N2O6S. The SMILES string of the molecule is COc1ccc(C(=O)NC[C@H]2COc3ccccc3O2)cc1S(=O)(=O)N1CCCCCC1. The summed E-state index contributed by atoms with van der Waals surface area (Å²) in [6.07, 6.45) is 3.35. The summed E-state index contributed by atoms with van der Waals surface area (Å²) in [5.41, 5.74) is 0.247. The predicted molar refractivity (Wildman–Crippen MR) is 119 cm³/mol. The van der Waals surface area contributed by atoms with Crippen molar-refractivity contribution in [3.8, 4) is 17.2 Å². The number of amides is 1. The van der Waals surface area contributed by atoms with Crippen molar-refractivity contribution in [1.29, 1.82) is 0 Å². The Bertz CT molecular complexity index is 1060. The van der Waals surface area contributed by atoms with E-state index < -0.39 is 10.0 Å². The molecule has 2 aliphatic rings. The third-order valence-corrected chi connectivity index (χ3v) is 7.59. The van der Waals surface area contributed by atoms with Gasteiger partial charge < -0.3 is 19.5 Å². The Morgan fingerprint density at radius 1 is 1.09 bits per heavy atom. The van der Waals surface area contributed by atoms with Gasteiger partial charge >= 0.3 is 0 Å². The molecule has 2 heterocycles. The van der Waals surface area contributed by atoms with Gasteiger partial charge in [-0.05, 0) is 43.2 Å². The number of methoxy groups -OCH3 is 1. The zero-order valence-corrected chi connectivity index (χ0v) is 18.9. The second-order valence-electron chi connectivity index (χ2n) is 7.89. The van der Waals surface area contributed by atoms with Crippen molar-refractivity contribution >= 4 is 15.9 Å². The fourth-order valence-corrected chi connectivity index (χ4v) is 5.61. The maximum Gasteiger partial charge on any atom is 0.251 e. The van der Waals surface area contributed by atoms with Crippen LogP contribution < -0.4 is 19.5 Å². The molecule has 0 spiro atoms. The van der Waals surface area contributed by atoms with E-state index >= 15 is 0 Å². The fourth-order valence-electron chi connectivity index (χ4n) is 3.91. The maximum absolute atomic E-state index is 13.3. The quantitative estimate of drug-likeness (QED) is 0.713. The Morgan fingerprint density at radius 3 is 2.53 bits per heavy atom. The van der Waals surface area contributed by atoms with E-state index in [1.54, 1.807) is 6.07 Å². The molecule has 1 atom stereocenters. The van der Waals surface area contributed by atoms with Crippen LogP contribution in [0.4, 0.5) is 0 Å². The highest BCUT2D eigenvalue weighted by molar-refractivity contribution is 7.89.